The zero-order chi connectivity index (χ0) is 13.9. The van der Waals surface area contributed by atoms with Gasteiger partial charge in [0, 0.05) is 23.3 Å². The molecule has 0 bridgehead atoms. The third-order valence-electron chi connectivity index (χ3n) is 3.04. The molecule has 0 spiro atoms. The van der Waals surface area contributed by atoms with Gasteiger partial charge in [-0.3, -0.25) is 9.78 Å². The highest BCUT2D eigenvalue weighted by atomic mass is 19.1. The molecule has 2 N–H and O–H groups in total. The van der Waals surface area contributed by atoms with Crippen molar-refractivity contribution in [2.24, 2.45) is 0 Å². The number of rotatable bonds is 3. The van der Waals surface area contributed by atoms with Gasteiger partial charge >= 0.3 is 0 Å². The van der Waals surface area contributed by atoms with Gasteiger partial charge in [0.05, 0.1) is 17.8 Å². The first kappa shape index (κ1) is 12.3. The number of hydrogen-bond acceptors (Lipinski definition) is 2. The summed E-state index contributed by atoms with van der Waals surface area (Å²) < 4.78 is 13.1. The van der Waals surface area contributed by atoms with E-state index in [1.165, 1.54) is 12.1 Å². The van der Waals surface area contributed by atoms with Crippen LogP contribution in [-0.4, -0.2) is 15.9 Å². The molecule has 0 aliphatic heterocycles. The van der Waals surface area contributed by atoms with Crippen molar-refractivity contribution in [2.75, 3.05) is 0 Å². The second kappa shape index (κ2) is 5.13. The molecule has 0 aliphatic rings. The molecule has 100 valence electrons. The van der Waals surface area contributed by atoms with Gasteiger partial charge in [0.1, 0.15) is 5.82 Å². The van der Waals surface area contributed by atoms with E-state index in [0.29, 0.717) is 23.0 Å². The fraction of sp³-hybridized carbons (Fsp3) is 0.0667. The molecule has 0 unspecified atom stereocenters. The van der Waals surface area contributed by atoms with Gasteiger partial charge in [-0.05, 0) is 30.3 Å². The summed E-state index contributed by atoms with van der Waals surface area (Å²) in [4.78, 5) is 19.2. The summed E-state index contributed by atoms with van der Waals surface area (Å²) in [6.45, 7) is 0.355. The van der Waals surface area contributed by atoms with Crippen LogP contribution in [0.15, 0.2) is 48.8 Å². The van der Waals surface area contributed by atoms with E-state index in [1.807, 2.05) is 18.2 Å². The minimum absolute atomic E-state index is 0.214. The number of fused-ring (bicyclic) bond motifs is 1. The van der Waals surface area contributed by atoms with Gasteiger partial charge in [0.2, 0.25) is 0 Å². The maximum absolute atomic E-state index is 13.1. The molecule has 0 atom stereocenters. The highest BCUT2D eigenvalue weighted by molar-refractivity contribution is 6.06. The van der Waals surface area contributed by atoms with Crippen molar-refractivity contribution in [1.82, 2.24) is 15.3 Å². The Balaban J connectivity index is 1.79. The number of carbonyl (C=O) groups excluding carboxylic acids is 1. The lowest BCUT2D eigenvalue weighted by Gasteiger charge is -2.03. The van der Waals surface area contributed by atoms with E-state index in [2.05, 4.69) is 15.3 Å². The maximum atomic E-state index is 13.1. The van der Waals surface area contributed by atoms with Crippen LogP contribution in [0.25, 0.3) is 10.9 Å². The molecule has 3 rings (SSSR count). The average molecular weight is 269 g/mol. The predicted molar refractivity (Wildman–Crippen MR) is 73.7 cm³/mol. The summed E-state index contributed by atoms with van der Waals surface area (Å²) in [5, 5.41) is 3.49. The Bertz CT molecular complexity index is 752. The van der Waals surface area contributed by atoms with Gasteiger partial charge in [-0.2, -0.15) is 0 Å². The molecule has 1 aromatic carbocycles. The SMILES string of the molecule is O=C(NCc1ccccn1)c1c[nH]c2cc(F)ccc12. The van der Waals surface area contributed by atoms with Crippen molar-refractivity contribution in [2.45, 2.75) is 6.54 Å². The molecular formula is C15H12FN3O. The number of halogens is 1. The fourth-order valence-electron chi connectivity index (χ4n) is 2.06. The van der Waals surface area contributed by atoms with Crippen LogP contribution in [0.5, 0.6) is 0 Å². The summed E-state index contributed by atoms with van der Waals surface area (Å²) in [6.07, 6.45) is 3.26. The van der Waals surface area contributed by atoms with Crippen molar-refractivity contribution in [3.8, 4) is 0 Å². The highest BCUT2D eigenvalue weighted by Crippen LogP contribution is 2.19. The first-order chi connectivity index (χ1) is 9.74. The van der Waals surface area contributed by atoms with Crippen molar-refractivity contribution in [3.05, 3.63) is 65.9 Å². The number of H-pyrrole nitrogens is 1. The molecule has 2 heterocycles. The molecule has 0 fully saturated rings. The summed E-state index contributed by atoms with van der Waals surface area (Å²) in [6, 6.07) is 9.82. The van der Waals surface area contributed by atoms with E-state index in [9.17, 15) is 9.18 Å². The molecule has 0 saturated carbocycles. The molecule has 0 aliphatic carbocycles. The Morgan fingerprint density at radius 2 is 2.20 bits per heavy atom. The van der Waals surface area contributed by atoms with Crippen LogP contribution >= 0.6 is 0 Å². The van der Waals surface area contributed by atoms with Crippen molar-refractivity contribution >= 4 is 16.8 Å². The zero-order valence-corrected chi connectivity index (χ0v) is 10.6. The van der Waals surface area contributed by atoms with Crippen LogP contribution in [0.4, 0.5) is 4.39 Å². The molecule has 0 saturated heterocycles. The normalized spacial score (nSPS) is 10.7. The molecule has 5 heteroatoms. The minimum atomic E-state index is -0.334. The van der Waals surface area contributed by atoms with Crippen LogP contribution in [-0.2, 0) is 6.54 Å². The zero-order valence-electron chi connectivity index (χ0n) is 10.6. The van der Waals surface area contributed by atoms with Gasteiger partial charge < -0.3 is 10.3 Å². The summed E-state index contributed by atoms with van der Waals surface area (Å²) in [5.74, 6) is -0.548. The number of aromatic nitrogens is 2. The number of nitrogens with zero attached hydrogens (tertiary/aromatic N) is 1. The lowest BCUT2D eigenvalue weighted by Crippen LogP contribution is -2.22. The van der Waals surface area contributed by atoms with Gasteiger partial charge in [0.25, 0.3) is 5.91 Å². The predicted octanol–water partition coefficient (Wildman–Crippen LogP) is 2.63. The second-order valence-electron chi connectivity index (χ2n) is 4.40. The quantitative estimate of drug-likeness (QED) is 0.768. The Morgan fingerprint density at radius 3 is 3.00 bits per heavy atom. The number of hydrogen-bond donors (Lipinski definition) is 2. The largest absolute Gasteiger partial charge is 0.360 e. The second-order valence-corrected chi connectivity index (χ2v) is 4.40. The summed E-state index contributed by atoms with van der Waals surface area (Å²) in [5.41, 5.74) is 1.88. The van der Waals surface area contributed by atoms with E-state index in [4.69, 9.17) is 0 Å². The summed E-state index contributed by atoms with van der Waals surface area (Å²) >= 11 is 0. The van der Waals surface area contributed by atoms with Crippen LogP contribution < -0.4 is 5.32 Å². The number of aromatic amines is 1. The molecule has 1 amide bonds. The van der Waals surface area contributed by atoms with Crippen molar-refractivity contribution < 1.29 is 9.18 Å². The van der Waals surface area contributed by atoms with Gasteiger partial charge in [-0.15, -0.1) is 0 Å². The van der Waals surface area contributed by atoms with Crippen molar-refractivity contribution in [3.63, 3.8) is 0 Å². The molecule has 2 aromatic heterocycles. The number of carbonyl (C=O) groups is 1. The van der Waals surface area contributed by atoms with E-state index in [0.717, 1.165) is 5.69 Å². The minimum Gasteiger partial charge on any atom is -0.360 e. The lowest BCUT2D eigenvalue weighted by molar-refractivity contribution is 0.0952. The van der Waals surface area contributed by atoms with Gasteiger partial charge in [-0.25, -0.2) is 4.39 Å². The van der Waals surface area contributed by atoms with Crippen molar-refractivity contribution in [1.29, 1.82) is 0 Å². The maximum Gasteiger partial charge on any atom is 0.253 e. The summed E-state index contributed by atoms with van der Waals surface area (Å²) in [7, 11) is 0. The number of benzene rings is 1. The Morgan fingerprint density at radius 1 is 1.30 bits per heavy atom. The Labute approximate surface area is 114 Å². The molecule has 0 radical (unpaired) electrons. The van der Waals surface area contributed by atoms with E-state index >= 15 is 0 Å². The van der Waals surface area contributed by atoms with E-state index in [-0.39, 0.29) is 11.7 Å². The van der Waals surface area contributed by atoms with Crippen LogP contribution in [0.1, 0.15) is 16.1 Å². The standard InChI is InChI=1S/C15H12FN3O/c16-10-4-5-12-13(9-18-14(12)7-10)15(20)19-8-11-3-1-2-6-17-11/h1-7,9,18H,8H2,(H,19,20). The topological polar surface area (TPSA) is 57.8 Å². The van der Waals surface area contributed by atoms with Crippen LogP contribution in [0, 0.1) is 5.82 Å². The van der Waals surface area contributed by atoms with Gasteiger partial charge in [0.15, 0.2) is 0 Å². The molecule has 4 nitrogen and oxygen atoms in total. The number of pyridine rings is 1. The molecular weight excluding hydrogens is 257 g/mol. The Hall–Kier alpha value is -2.69. The first-order valence-electron chi connectivity index (χ1n) is 6.19. The lowest BCUT2D eigenvalue weighted by atomic mass is 10.1. The van der Waals surface area contributed by atoms with E-state index < -0.39 is 0 Å². The highest BCUT2D eigenvalue weighted by Gasteiger charge is 2.12. The smallest absolute Gasteiger partial charge is 0.253 e. The molecule has 20 heavy (non-hydrogen) atoms. The van der Waals surface area contributed by atoms with Crippen LogP contribution in [0.3, 0.4) is 0 Å². The Kier molecular flexibility index (Phi) is 3.16. The van der Waals surface area contributed by atoms with E-state index in [1.54, 1.807) is 18.5 Å². The average Bonchev–Trinajstić information content (AvgIpc) is 2.89. The number of amides is 1. The molecule has 3 aromatic rings. The third kappa shape index (κ3) is 2.38. The fourth-order valence-corrected chi connectivity index (χ4v) is 2.06. The number of nitrogens with one attached hydrogen (secondary N) is 2. The monoisotopic (exact) mass is 269 g/mol. The third-order valence-corrected chi connectivity index (χ3v) is 3.04. The van der Waals surface area contributed by atoms with Crippen LogP contribution in [0.2, 0.25) is 0 Å². The van der Waals surface area contributed by atoms with Gasteiger partial charge in [-0.1, -0.05) is 6.07 Å². The first-order valence-corrected chi connectivity index (χ1v) is 6.19.